The van der Waals surface area contributed by atoms with E-state index in [1.165, 1.54) is 10.4 Å². The van der Waals surface area contributed by atoms with Crippen molar-refractivity contribution in [1.82, 2.24) is 9.21 Å². The van der Waals surface area contributed by atoms with Crippen LogP contribution in [0.4, 0.5) is 0 Å². The molecular weight excluding hydrogens is 436 g/mol. The molecule has 7 heteroatoms. The predicted octanol–water partition coefficient (Wildman–Crippen LogP) is 3.69. The highest BCUT2D eigenvalue weighted by Crippen LogP contribution is 2.22. The van der Waals surface area contributed by atoms with Crippen LogP contribution in [0.2, 0.25) is 0 Å². The Kier molecular flexibility index (Phi) is 9.03. The molecule has 176 valence electrons. The number of β-amino-alcohol motifs (C(OH)–C–C–N with tert-alkyl or cyclic N) is 1. The summed E-state index contributed by atoms with van der Waals surface area (Å²) >= 11 is 0. The number of aliphatic hydroxyl groups is 1. The molecule has 0 bridgehead atoms. The molecule has 33 heavy (non-hydrogen) atoms. The maximum absolute atomic E-state index is 12.8. The number of benzene rings is 2. The lowest BCUT2D eigenvalue weighted by atomic mass is 10.1. The molecule has 0 aliphatic carbocycles. The molecule has 0 radical (unpaired) electrons. The van der Waals surface area contributed by atoms with Gasteiger partial charge in [-0.25, -0.2) is 8.42 Å². The van der Waals surface area contributed by atoms with Gasteiger partial charge in [-0.15, -0.1) is 0 Å². The molecule has 1 atom stereocenters. The smallest absolute Gasteiger partial charge is 0.243 e. The number of sulfonamides is 1. The Morgan fingerprint density at radius 1 is 1.06 bits per heavy atom. The summed E-state index contributed by atoms with van der Waals surface area (Å²) in [7, 11) is -3.56. The molecule has 1 saturated heterocycles. The first-order chi connectivity index (χ1) is 15.9. The fourth-order valence-electron chi connectivity index (χ4n) is 3.67. The summed E-state index contributed by atoms with van der Waals surface area (Å²) in [5.41, 5.74) is 2.25. The lowest BCUT2D eigenvalue weighted by Crippen LogP contribution is -2.51. The van der Waals surface area contributed by atoms with Crippen molar-refractivity contribution in [3.05, 3.63) is 90.4 Å². The Balaban J connectivity index is 1.46. The van der Waals surface area contributed by atoms with Gasteiger partial charge < -0.3 is 9.84 Å². The minimum Gasteiger partial charge on any atom is -0.491 e. The van der Waals surface area contributed by atoms with Gasteiger partial charge in [-0.05, 0) is 42.3 Å². The molecule has 6 nitrogen and oxygen atoms in total. The zero-order valence-corrected chi connectivity index (χ0v) is 19.8. The average molecular weight is 469 g/mol. The lowest BCUT2D eigenvalue weighted by Gasteiger charge is -2.35. The molecule has 2 aromatic rings. The van der Waals surface area contributed by atoms with E-state index in [4.69, 9.17) is 4.74 Å². The summed E-state index contributed by atoms with van der Waals surface area (Å²) in [4.78, 5) is 2.25. The highest BCUT2D eigenvalue weighted by molar-refractivity contribution is 7.93. The van der Waals surface area contributed by atoms with E-state index in [1.54, 1.807) is 18.2 Å². The van der Waals surface area contributed by atoms with E-state index in [-0.39, 0.29) is 11.5 Å². The number of hydrogen-bond acceptors (Lipinski definition) is 5. The van der Waals surface area contributed by atoms with Gasteiger partial charge in [0.15, 0.2) is 0 Å². The molecule has 1 unspecified atom stereocenters. The van der Waals surface area contributed by atoms with Crippen LogP contribution in [0.25, 0.3) is 11.1 Å². The summed E-state index contributed by atoms with van der Waals surface area (Å²) in [6.45, 7) is 7.92. The predicted molar refractivity (Wildman–Crippen MR) is 133 cm³/mol. The van der Waals surface area contributed by atoms with Gasteiger partial charge in [-0.2, -0.15) is 4.31 Å². The molecule has 1 aliphatic rings. The topological polar surface area (TPSA) is 70.1 Å². The number of ether oxygens (including phenoxy) is 1. The van der Waals surface area contributed by atoms with Crippen LogP contribution in [0.5, 0.6) is 5.75 Å². The second-order valence-corrected chi connectivity index (χ2v) is 9.80. The maximum Gasteiger partial charge on any atom is 0.243 e. The zero-order valence-electron chi connectivity index (χ0n) is 19.0. The molecule has 3 rings (SSSR count). The zero-order chi connectivity index (χ0) is 23.7. The molecule has 0 aromatic heterocycles. The summed E-state index contributed by atoms with van der Waals surface area (Å²) in [6.07, 6.45) is 5.73. The van der Waals surface area contributed by atoms with Crippen molar-refractivity contribution in [2.75, 3.05) is 39.3 Å². The SMILES string of the molecule is C=C/C(=C\C=C/C)S(=O)(=O)N1CCN(CC(O)COc2ccc(-c3ccccc3)cc2)CC1. The first kappa shape index (κ1) is 24.9. The van der Waals surface area contributed by atoms with E-state index in [2.05, 4.69) is 23.6 Å². The Hall–Kier alpha value is -2.71. The third-order valence-electron chi connectivity index (χ3n) is 5.50. The number of allylic oxidation sites excluding steroid dienone is 4. The quantitative estimate of drug-likeness (QED) is 0.539. The van der Waals surface area contributed by atoms with Gasteiger partial charge in [0.05, 0.1) is 4.91 Å². The van der Waals surface area contributed by atoms with Crippen molar-refractivity contribution in [3.63, 3.8) is 0 Å². The number of piperazine rings is 1. The van der Waals surface area contributed by atoms with Gasteiger partial charge >= 0.3 is 0 Å². The number of hydrogen-bond donors (Lipinski definition) is 1. The van der Waals surface area contributed by atoms with Crippen LogP contribution in [0, 0.1) is 0 Å². The van der Waals surface area contributed by atoms with E-state index < -0.39 is 16.1 Å². The standard InChI is InChI=1S/C26H32N2O4S/c1-3-5-11-26(4-2)33(30,31)28-18-16-27(17-19-28)20-24(29)21-32-25-14-12-23(13-15-25)22-9-7-6-8-10-22/h3-15,24,29H,2,16-21H2,1H3/b5-3-,26-11+. The molecule has 0 saturated carbocycles. The van der Waals surface area contributed by atoms with E-state index in [0.717, 1.165) is 11.1 Å². The normalized spacial score (nSPS) is 17.2. The van der Waals surface area contributed by atoms with E-state index >= 15 is 0 Å². The molecule has 1 N–H and O–H groups in total. The maximum atomic E-state index is 12.8. The van der Waals surface area contributed by atoms with E-state index in [1.807, 2.05) is 49.4 Å². The molecule has 0 amide bonds. The summed E-state index contributed by atoms with van der Waals surface area (Å²) in [5, 5.41) is 10.4. The molecule has 0 spiro atoms. The Morgan fingerprint density at radius 2 is 1.70 bits per heavy atom. The molecule has 1 fully saturated rings. The Morgan fingerprint density at radius 3 is 2.30 bits per heavy atom. The number of rotatable bonds is 10. The van der Waals surface area contributed by atoms with Crippen LogP contribution in [0.15, 0.2) is 90.4 Å². The fraction of sp³-hybridized carbons (Fsp3) is 0.308. The minimum absolute atomic E-state index is 0.176. The van der Waals surface area contributed by atoms with E-state index in [0.29, 0.717) is 38.5 Å². The molecule has 2 aromatic carbocycles. The van der Waals surface area contributed by atoms with Crippen molar-refractivity contribution in [2.45, 2.75) is 13.0 Å². The van der Waals surface area contributed by atoms with Crippen LogP contribution in [0.3, 0.4) is 0 Å². The number of nitrogens with zero attached hydrogens (tertiary/aromatic N) is 2. The lowest BCUT2D eigenvalue weighted by molar-refractivity contribution is 0.0570. The molecule has 1 heterocycles. The number of aliphatic hydroxyl groups excluding tert-OH is 1. The van der Waals surface area contributed by atoms with Gasteiger partial charge in [0.1, 0.15) is 18.5 Å². The van der Waals surface area contributed by atoms with Crippen molar-refractivity contribution < 1.29 is 18.3 Å². The first-order valence-corrected chi connectivity index (χ1v) is 12.5. The fourth-order valence-corrected chi connectivity index (χ4v) is 5.07. The summed E-state index contributed by atoms with van der Waals surface area (Å²) in [5.74, 6) is 0.703. The van der Waals surface area contributed by atoms with E-state index in [9.17, 15) is 13.5 Å². The van der Waals surface area contributed by atoms with Crippen LogP contribution in [-0.2, 0) is 10.0 Å². The van der Waals surface area contributed by atoms with Crippen molar-refractivity contribution in [1.29, 1.82) is 0 Å². The second-order valence-electron chi connectivity index (χ2n) is 7.86. The highest BCUT2D eigenvalue weighted by Gasteiger charge is 2.29. The van der Waals surface area contributed by atoms with Crippen molar-refractivity contribution in [3.8, 4) is 16.9 Å². The highest BCUT2D eigenvalue weighted by atomic mass is 32.2. The van der Waals surface area contributed by atoms with Crippen LogP contribution >= 0.6 is 0 Å². The minimum atomic E-state index is -3.56. The largest absolute Gasteiger partial charge is 0.491 e. The van der Waals surface area contributed by atoms with Crippen molar-refractivity contribution in [2.24, 2.45) is 0 Å². The van der Waals surface area contributed by atoms with Crippen LogP contribution < -0.4 is 4.74 Å². The van der Waals surface area contributed by atoms with Gasteiger partial charge in [-0.3, -0.25) is 4.90 Å². The monoisotopic (exact) mass is 468 g/mol. The van der Waals surface area contributed by atoms with Crippen molar-refractivity contribution >= 4 is 10.0 Å². The van der Waals surface area contributed by atoms with Gasteiger partial charge in [0.2, 0.25) is 10.0 Å². The third-order valence-corrected chi connectivity index (χ3v) is 7.44. The van der Waals surface area contributed by atoms with Gasteiger partial charge in [-0.1, -0.05) is 61.2 Å². The second kappa shape index (κ2) is 12.0. The third kappa shape index (κ3) is 6.88. The summed E-state index contributed by atoms with van der Waals surface area (Å²) in [6, 6.07) is 17.9. The first-order valence-electron chi connectivity index (χ1n) is 11.1. The molecular formula is C26H32N2O4S. The van der Waals surface area contributed by atoms with Gasteiger partial charge in [0, 0.05) is 32.7 Å². The summed E-state index contributed by atoms with van der Waals surface area (Å²) < 4.78 is 32.8. The average Bonchev–Trinajstić information content (AvgIpc) is 2.84. The Bertz CT molecular complexity index is 1060. The van der Waals surface area contributed by atoms with Gasteiger partial charge in [0.25, 0.3) is 0 Å². The van der Waals surface area contributed by atoms with Crippen LogP contribution in [-0.4, -0.2) is 68.2 Å². The Labute approximate surface area is 197 Å². The van der Waals surface area contributed by atoms with Crippen LogP contribution in [0.1, 0.15) is 6.92 Å². The molecule has 1 aliphatic heterocycles.